The maximum Gasteiger partial charge on any atom is 0.166 e. The third kappa shape index (κ3) is 1.44. The van der Waals surface area contributed by atoms with E-state index in [0.29, 0.717) is 0 Å². The first-order valence-corrected chi connectivity index (χ1v) is 3.36. The molecule has 0 N–H and O–H groups in total. The molecule has 0 aromatic rings. The molecule has 0 amide bonds. The van der Waals surface area contributed by atoms with E-state index >= 15 is 0 Å². The van der Waals surface area contributed by atoms with E-state index in [1.807, 2.05) is 31.2 Å². The van der Waals surface area contributed by atoms with Gasteiger partial charge in [-0.05, 0) is 13.0 Å². The summed E-state index contributed by atoms with van der Waals surface area (Å²) in [6, 6.07) is 0. The summed E-state index contributed by atoms with van der Waals surface area (Å²) in [4.78, 5) is 11.0. The Morgan fingerprint density at radius 2 is 2.30 bits per heavy atom. The number of carbonyl (C=O) groups is 1. The molecule has 0 saturated heterocycles. The number of ketones is 1. The lowest BCUT2D eigenvalue weighted by atomic mass is 9.99. The molecule has 0 bridgehead atoms. The van der Waals surface area contributed by atoms with Crippen LogP contribution in [0.4, 0.5) is 0 Å². The summed E-state index contributed by atoms with van der Waals surface area (Å²) in [6.45, 7) is 1.92. The first-order chi connectivity index (χ1) is 4.84. The van der Waals surface area contributed by atoms with E-state index in [2.05, 4.69) is 0 Å². The fraction of sp³-hybridized carbons (Fsp3) is 0.222. The smallest absolute Gasteiger partial charge is 0.166 e. The van der Waals surface area contributed by atoms with Crippen molar-refractivity contribution < 1.29 is 4.79 Å². The van der Waals surface area contributed by atoms with Crippen LogP contribution in [-0.4, -0.2) is 5.78 Å². The molecule has 0 radical (unpaired) electrons. The van der Waals surface area contributed by atoms with Crippen LogP contribution in [0, 0.1) is 5.92 Å². The predicted molar refractivity (Wildman–Crippen MR) is 41.6 cm³/mol. The van der Waals surface area contributed by atoms with Gasteiger partial charge >= 0.3 is 0 Å². The molecule has 0 heterocycles. The van der Waals surface area contributed by atoms with Crippen LogP contribution >= 0.6 is 0 Å². The van der Waals surface area contributed by atoms with Crippen molar-refractivity contribution in [3.63, 3.8) is 0 Å². The lowest BCUT2D eigenvalue weighted by molar-refractivity contribution is -0.115. The largest absolute Gasteiger partial charge is 0.294 e. The Hall–Kier alpha value is -1.11. The van der Waals surface area contributed by atoms with Gasteiger partial charge in [0.15, 0.2) is 5.78 Å². The highest BCUT2D eigenvalue weighted by Crippen LogP contribution is 2.08. The monoisotopic (exact) mass is 134 g/mol. The third-order valence-corrected chi connectivity index (χ3v) is 1.42. The second-order valence-corrected chi connectivity index (χ2v) is 2.20. The van der Waals surface area contributed by atoms with Crippen LogP contribution in [-0.2, 0) is 4.79 Å². The Labute approximate surface area is 60.7 Å². The molecule has 1 atom stereocenters. The first kappa shape index (κ1) is 7.00. The third-order valence-electron chi connectivity index (χ3n) is 1.42. The van der Waals surface area contributed by atoms with Gasteiger partial charge in [-0.1, -0.05) is 30.4 Å². The van der Waals surface area contributed by atoms with Gasteiger partial charge in [-0.2, -0.15) is 0 Å². The molecule has 0 aromatic carbocycles. The number of carbonyl (C=O) groups excluding carboxylic acids is 1. The van der Waals surface area contributed by atoms with Gasteiger partial charge in [-0.15, -0.1) is 0 Å². The highest BCUT2D eigenvalue weighted by molar-refractivity contribution is 5.95. The molecular formula is C9H10O. The van der Waals surface area contributed by atoms with Gasteiger partial charge in [0.2, 0.25) is 0 Å². The van der Waals surface area contributed by atoms with E-state index in [1.54, 1.807) is 12.2 Å². The lowest BCUT2D eigenvalue weighted by Crippen LogP contribution is -2.07. The summed E-state index contributed by atoms with van der Waals surface area (Å²) >= 11 is 0. The van der Waals surface area contributed by atoms with Gasteiger partial charge in [0.05, 0.1) is 5.92 Å². The van der Waals surface area contributed by atoms with Crippen LogP contribution in [0.3, 0.4) is 0 Å². The summed E-state index contributed by atoms with van der Waals surface area (Å²) in [6.07, 6.45) is 10.9. The molecule has 0 aliphatic heterocycles. The minimum Gasteiger partial charge on any atom is -0.294 e. The van der Waals surface area contributed by atoms with Crippen LogP contribution < -0.4 is 0 Å². The highest BCUT2D eigenvalue weighted by atomic mass is 16.1. The molecule has 52 valence electrons. The minimum absolute atomic E-state index is 0.0185. The molecule has 10 heavy (non-hydrogen) atoms. The van der Waals surface area contributed by atoms with Crippen molar-refractivity contribution in [1.29, 1.82) is 0 Å². The maximum absolute atomic E-state index is 11.0. The van der Waals surface area contributed by atoms with Crippen LogP contribution in [0.2, 0.25) is 0 Å². The van der Waals surface area contributed by atoms with Gasteiger partial charge < -0.3 is 0 Å². The molecule has 0 saturated carbocycles. The number of rotatable bonds is 1. The van der Waals surface area contributed by atoms with Crippen molar-refractivity contribution in [3.05, 3.63) is 36.5 Å². The number of allylic oxidation sites excluding steroid dienone is 6. The van der Waals surface area contributed by atoms with Crippen molar-refractivity contribution >= 4 is 5.78 Å². The Morgan fingerprint density at radius 1 is 1.50 bits per heavy atom. The number of hydrogen-bond donors (Lipinski definition) is 0. The van der Waals surface area contributed by atoms with E-state index in [9.17, 15) is 4.79 Å². The van der Waals surface area contributed by atoms with Gasteiger partial charge in [0, 0.05) is 0 Å². The van der Waals surface area contributed by atoms with E-state index in [1.165, 1.54) is 0 Å². The second-order valence-electron chi connectivity index (χ2n) is 2.20. The van der Waals surface area contributed by atoms with Gasteiger partial charge in [0.25, 0.3) is 0 Å². The Morgan fingerprint density at radius 3 is 2.90 bits per heavy atom. The summed E-state index contributed by atoms with van der Waals surface area (Å²) in [7, 11) is 0. The zero-order chi connectivity index (χ0) is 7.40. The van der Waals surface area contributed by atoms with E-state index < -0.39 is 0 Å². The fourth-order valence-corrected chi connectivity index (χ4v) is 0.907. The van der Waals surface area contributed by atoms with E-state index in [0.717, 1.165) is 0 Å². The fourth-order valence-electron chi connectivity index (χ4n) is 0.907. The summed E-state index contributed by atoms with van der Waals surface area (Å²) < 4.78 is 0. The molecule has 1 aliphatic rings. The molecule has 1 heteroatoms. The Bertz CT molecular complexity index is 209. The summed E-state index contributed by atoms with van der Waals surface area (Å²) in [5, 5.41) is 0. The first-order valence-electron chi connectivity index (χ1n) is 3.36. The highest BCUT2D eigenvalue weighted by Gasteiger charge is 2.09. The Kier molecular flexibility index (Phi) is 2.21. The average Bonchev–Trinajstić information content (AvgIpc) is 1.94. The number of hydrogen-bond acceptors (Lipinski definition) is 1. The van der Waals surface area contributed by atoms with Crippen molar-refractivity contribution in [1.82, 2.24) is 0 Å². The van der Waals surface area contributed by atoms with Gasteiger partial charge in [0.1, 0.15) is 0 Å². The van der Waals surface area contributed by atoms with Crippen molar-refractivity contribution in [2.24, 2.45) is 5.92 Å². The molecule has 1 unspecified atom stereocenters. The Balaban J connectivity index is 2.70. The molecule has 1 rings (SSSR count). The molecule has 0 spiro atoms. The normalized spacial score (nSPS) is 24.5. The van der Waals surface area contributed by atoms with Crippen LogP contribution in [0.25, 0.3) is 0 Å². The van der Waals surface area contributed by atoms with Crippen LogP contribution in [0.1, 0.15) is 6.92 Å². The van der Waals surface area contributed by atoms with E-state index in [4.69, 9.17) is 0 Å². The average molecular weight is 134 g/mol. The van der Waals surface area contributed by atoms with E-state index in [-0.39, 0.29) is 11.7 Å². The predicted octanol–water partition coefficient (Wildman–Crippen LogP) is 1.87. The summed E-state index contributed by atoms with van der Waals surface area (Å²) in [5.41, 5.74) is 0. The molecule has 0 fully saturated rings. The topological polar surface area (TPSA) is 17.1 Å². The lowest BCUT2D eigenvalue weighted by Gasteiger charge is -2.04. The van der Waals surface area contributed by atoms with Crippen molar-refractivity contribution in [2.75, 3.05) is 0 Å². The van der Waals surface area contributed by atoms with Crippen molar-refractivity contribution in [2.45, 2.75) is 6.92 Å². The zero-order valence-electron chi connectivity index (χ0n) is 5.95. The molecule has 1 aliphatic carbocycles. The molecular weight excluding hydrogens is 124 g/mol. The van der Waals surface area contributed by atoms with Crippen LogP contribution in [0.15, 0.2) is 36.5 Å². The minimum atomic E-state index is -0.0185. The summed E-state index contributed by atoms with van der Waals surface area (Å²) in [5.74, 6) is 0.149. The van der Waals surface area contributed by atoms with Crippen LogP contribution in [0.5, 0.6) is 0 Å². The van der Waals surface area contributed by atoms with Crippen molar-refractivity contribution in [3.8, 4) is 0 Å². The molecule has 0 aromatic heterocycles. The second kappa shape index (κ2) is 3.16. The zero-order valence-corrected chi connectivity index (χ0v) is 5.95. The molecule has 1 nitrogen and oxygen atoms in total. The van der Waals surface area contributed by atoms with Gasteiger partial charge in [-0.3, -0.25) is 4.79 Å². The maximum atomic E-state index is 11.0. The SMILES string of the molecule is CC=CC1C=CC=CC1=O. The quantitative estimate of drug-likeness (QED) is 0.500. The standard InChI is InChI=1S/C9H10O/c1-2-5-8-6-3-4-7-9(8)10/h2-8H,1H3. The van der Waals surface area contributed by atoms with Gasteiger partial charge in [-0.25, -0.2) is 0 Å².